The zero-order valence-corrected chi connectivity index (χ0v) is 16.4. The lowest BCUT2D eigenvalue weighted by atomic mass is 9.90. The number of hydrogen-bond acceptors (Lipinski definition) is 6. The summed E-state index contributed by atoms with van der Waals surface area (Å²) in [6.07, 6.45) is 8.19. The molecular weight excluding hydrogens is 352 g/mol. The van der Waals surface area contributed by atoms with Crippen molar-refractivity contribution in [2.75, 3.05) is 25.9 Å². The largest absolute Gasteiger partial charge is 0.441 e. The fraction of sp³-hybridized carbons (Fsp3) is 0.667. The fourth-order valence-electron chi connectivity index (χ4n) is 3.65. The van der Waals surface area contributed by atoms with Crippen molar-refractivity contribution < 1.29 is 14.3 Å². The molecule has 2 fully saturated rings. The Labute approximate surface area is 158 Å². The Balaban J connectivity index is 1.60. The van der Waals surface area contributed by atoms with Crippen LogP contribution in [0.1, 0.15) is 49.9 Å². The van der Waals surface area contributed by atoms with Gasteiger partial charge in [-0.2, -0.15) is 0 Å². The minimum atomic E-state index is -0.449. The number of carbonyl (C=O) groups is 2. The minimum absolute atomic E-state index is 0.0620. The van der Waals surface area contributed by atoms with Crippen molar-refractivity contribution in [1.29, 1.82) is 0 Å². The van der Waals surface area contributed by atoms with E-state index >= 15 is 0 Å². The molecular formula is C18H26N4O3S. The number of carbonyl (C=O) groups excluding carboxylic acids is 2. The number of nitrogens with zero attached hydrogens (tertiary/aromatic N) is 4. The van der Waals surface area contributed by atoms with Gasteiger partial charge < -0.3 is 14.5 Å². The van der Waals surface area contributed by atoms with Crippen molar-refractivity contribution in [2.45, 2.75) is 56.3 Å². The van der Waals surface area contributed by atoms with Crippen molar-refractivity contribution in [3.05, 3.63) is 18.0 Å². The number of likely N-dealkylation sites (tertiary alicyclic amines) is 1. The molecule has 0 aromatic carbocycles. The predicted molar refractivity (Wildman–Crippen MR) is 99.2 cm³/mol. The number of hydrogen-bond donors (Lipinski definition) is 0. The van der Waals surface area contributed by atoms with E-state index in [1.165, 1.54) is 11.8 Å². The maximum Gasteiger partial charge on any atom is 0.410 e. The summed E-state index contributed by atoms with van der Waals surface area (Å²) in [6.45, 7) is 5.97. The smallest absolute Gasteiger partial charge is 0.410 e. The zero-order valence-electron chi connectivity index (χ0n) is 15.6. The molecule has 1 unspecified atom stereocenters. The Morgan fingerprint density at radius 1 is 1.35 bits per heavy atom. The summed E-state index contributed by atoms with van der Waals surface area (Å²) in [5.41, 5.74) is 0.0510. The van der Waals surface area contributed by atoms with Gasteiger partial charge in [0, 0.05) is 44.4 Å². The fourth-order valence-corrected chi connectivity index (χ4v) is 3.97. The third kappa shape index (κ3) is 3.79. The van der Waals surface area contributed by atoms with E-state index in [-0.39, 0.29) is 18.0 Å². The van der Waals surface area contributed by atoms with Crippen molar-refractivity contribution in [3.63, 3.8) is 0 Å². The van der Waals surface area contributed by atoms with Gasteiger partial charge in [0.1, 0.15) is 5.60 Å². The molecule has 0 saturated carbocycles. The maximum atomic E-state index is 12.6. The van der Waals surface area contributed by atoms with Crippen LogP contribution in [0, 0.1) is 0 Å². The van der Waals surface area contributed by atoms with Crippen LogP contribution in [0.5, 0.6) is 0 Å². The van der Waals surface area contributed by atoms with Crippen molar-refractivity contribution in [1.82, 2.24) is 19.8 Å². The summed E-state index contributed by atoms with van der Waals surface area (Å²) in [5, 5.41) is 0.651. The Kier molecular flexibility index (Phi) is 5.70. The lowest BCUT2D eigenvalue weighted by Crippen LogP contribution is -2.49. The summed E-state index contributed by atoms with van der Waals surface area (Å²) < 4.78 is 5.76. The Morgan fingerprint density at radius 3 is 2.58 bits per heavy atom. The van der Waals surface area contributed by atoms with Crippen LogP contribution < -0.4 is 0 Å². The molecule has 2 aliphatic heterocycles. The van der Waals surface area contributed by atoms with Gasteiger partial charge in [0.2, 0.25) is 0 Å². The first-order valence-electron chi connectivity index (χ1n) is 9.13. The average molecular weight is 378 g/mol. The average Bonchev–Trinajstić information content (AvgIpc) is 2.98. The van der Waals surface area contributed by atoms with Crippen molar-refractivity contribution >= 4 is 23.8 Å². The topological polar surface area (TPSA) is 75.6 Å². The highest BCUT2D eigenvalue weighted by Crippen LogP contribution is 2.35. The number of piperidine rings is 1. The molecule has 8 heteroatoms. The van der Waals surface area contributed by atoms with E-state index in [1.54, 1.807) is 17.3 Å². The molecule has 0 N–H and O–H groups in total. The number of aromatic nitrogens is 2. The molecule has 0 bridgehead atoms. The van der Waals surface area contributed by atoms with E-state index in [4.69, 9.17) is 4.74 Å². The van der Waals surface area contributed by atoms with Crippen LogP contribution in [0.25, 0.3) is 0 Å². The number of rotatable bonds is 5. The summed E-state index contributed by atoms with van der Waals surface area (Å²) in [6, 6.07) is 0.193. The molecule has 0 aliphatic carbocycles. The van der Waals surface area contributed by atoms with Crippen LogP contribution in [-0.4, -0.2) is 69.3 Å². The van der Waals surface area contributed by atoms with Crippen molar-refractivity contribution in [3.8, 4) is 0 Å². The summed E-state index contributed by atoms with van der Waals surface area (Å²) >= 11 is 1.44. The van der Waals surface area contributed by atoms with Crippen molar-refractivity contribution in [2.24, 2.45) is 0 Å². The van der Waals surface area contributed by atoms with E-state index in [0.717, 1.165) is 12.8 Å². The Bertz CT molecular complexity index is 659. The summed E-state index contributed by atoms with van der Waals surface area (Å²) in [7, 11) is 0. The molecule has 3 rings (SSSR count). The summed E-state index contributed by atoms with van der Waals surface area (Å²) in [4.78, 5) is 36.9. The lowest BCUT2D eigenvalue weighted by Gasteiger charge is -2.37. The van der Waals surface area contributed by atoms with Gasteiger partial charge in [-0.1, -0.05) is 25.1 Å². The standard InChI is InChI=1S/C18H26N4O3S/c1-4-5-13(2)22-12-18(25-17(22)24)6-8-21(9-7-18)15(23)14-10-19-16(26-3)20-11-14/h10-11,13H,4-9,12H2,1-3H3. The Morgan fingerprint density at radius 2 is 2.00 bits per heavy atom. The van der Waals surface area contributed by atoms with Gasteiger partial charge >= 0.3 is 6.09 Å². The molecule has 1 atom stereocenters. The van der Waals surface area contributed by atoms with Crippen LogP contribution in [0.15, 0.2) is 17.6 Å². The van der Waals surface area contributed by atoms with Crippen LogP contribution in [0.2, 0.25) is 0 Å². The van der Waals surface area contributed by atoms with Gasteiger partial charge in [-0.25, -0.2) is 14.8 Å². The SMILES string of the molecule is CCCC(C)N1CC2(CCN(C(=O)c3cnc(SC)nc3)CC2)OC1=O. The van der Waals surface area contributed by atoms with E-state index in [2.05, 4.69) is 23.8 Å². The molecule has 26 heavy (non-hydrogen) atoms. The second-order valence-electron chi connectivity index (χ2n) is 7.07. The normalized spacial score (nSPS) is 20.3. The summed E-state index contributed by atoms with van der Waals surface area (Å²) in [5.74, 6) is -0.0620. The molecule has 2 amide bonds. The number of amides is 2. The molecule has 142 valence electrons. The monoisotopic (exact) mass is 378 g/mol. The van der Waals surface area contributed by atoms with Gasteiger partial charge in [-0.3, -0.25) is 4.79 Å². The minimum Gasteiger partial charge on any atom is -0.441 e. The first-order valence-corrected chi connectivity index (χ1v) is 10.4. The molecule has 0 radical (unpaired) electrons. The second kappa shape index (κ2) is 7.82. The first kappa shape index (κ1) is 18.9. The molecule has 2 saturated heterocycles. The van der Waals surface area contributed by atoms with Crippen LogP contribution in [0.3, 0.4) is 0 Å². The van der Waals surface area contributed by atoms with Gasteiger partial charge in [0.15, 0.2) is 5.16 Å². The van der Waals surface area contributed by atoms with E-state index in [0.29, 0.717) is 43.2 Å². The van der Waals surface area contributed by atoms with Gasteiger partial charge in [-0.05, 0) is 19.6 Å². The Hall–Kier alpha value is -1.83. The molecule has 2 aliphatic rings. The molecule has 1 aromatic heterocycles. The highest BCUT2D eigenvalue weighted by atomic mass is 32.2. The van der Waals surface area contributed by atoms with Crippen LogP contribution in [0.4, 0.5) is 4.79 Å². The van der Waals surface area contributed by atoms with E-state index < -0.39 is 5.60 Å². The van der Waals surface area contributed by atoms with E-state index in [9.17, 15) is 9.59 Å². The molecule has 1 aromatic rings. The lowest BCUT2D eigenvalue weighted by molar-refractivity contribution is 0.00304. The molecule has 3 heterocycles. The first-order chi connectivity index (χ1) is 12.5. The third-order valence-corrected chi connectivity index (χ3v) is 5.83. The van der Waals surface area contributed by atoms with Gasteiger partial charge in [0.05, 0.1) is 12.1 Å². The van der Waals surface area contributed by atoms with Gasteiger partial charge in [-0.15, -0.1) is 0 Å². The van der Waals surface area contributed by atoms with Gasteiger partial charge in [0.25, 0.3) is 5.91 Å². The maximum absolute atomic E-state index is 12.6. The predicted octanol–water partition coefficient (Wildman–Crippen LogP) is 2.81. The third-order valence-electron chi connectivity index (χ3n) is 5.25. The molecule has 7 nitrogen and oxygen atoms in total. The highest BCUT2D eigenvalue weighted by Gasteiger charge is 2.48. The van der Waals surface area contributed by atoms with Crippen LogP contribution in [-0.2, 0) is 4.74 Å². The van der Waals surface area contributed by atoms with Crippen LogP contribution >= 0.6 is 11.8 Å². The quantitative estimate of drug-likeness (QED) is 0.579. The number of thioether (sulfide) groups is 1. The number of ether oxygens (including phenoxy) is 1. The second-order valence-corrected chi connectivity index (χ2v) is 7.84. The van der Waals surface area contributed by atoms with E-state index in [1.807, 2.05) is 11.2 Å². The molecule has 1 spiro atoms. The highest BCUT2D eigenvalue weighted by molar-refractivity contribution is 7.98. The zero-order chi connectivity index (χ0) is 18.7.